The lowest BCUT2D eigenvalue weighted by molar-refractivity contribution is 0.429. The molecule has 0 heterocycles. The molecule has 0 bridgehead atoms. The van der Waals surface area contributed by atoms with Crippen molar-refractivity contribution in [2.75, 3.05) is 0 Å². The van der Waals surface area contributed by atoms with Gasteiger partial charge in [-0.1, -0.05) is 12.8 Å². The summed E-state index contributed by atoms with van der Waals surface area (Å²) in [7, 11) is -2.97. The van der Waals surface area contributed by atoms with E-state index in [1.165, 1.54) is 0 Å². The van der Waals surface area contributed by atoms with Crippen molar-refractivity contribution < 1.29 is 8.42 Å². The second-order valence-corrected chi connectivity index (χ2v) is 6.85. The Balaban J connectivity index is 2.80. The molecule has 4 heteroatoms. The number of rotatable bonds is 2. The Morgan fingerprint density at radius 1 is 1.23 bits per heavy atom. The summed E-state index contributed by atoms with van der Waals surface area (Å²) in [6, 6.07) is -0.138. The van der Waals surface area contributed by atoms with E-state index in [1.807, 2.05) is 0 Å². The van der Waals surface area contributed by atoms with E-state index in [2.05, 4.69) is 0 Å². The van der Waals surface area contributed by atoms with Gasteiger partial charge in [0.2, 0.25) is 0 Å². The standard InChI is InChI=1S/C9H19NO2S/c1-7(2)13(11,12)9-6-4-3-5-8(9)10/h7-9H,3-6,10H2,1-2H3. The van der Waals surface area contributed by atoms with Gasteiger partial charge < -0.3 is 5.73 Å². The smallest absolute Gasteiger partial charge is 0.156 e. The molecule has 0 aromatic rings. The summed E-state index contributed by atoms with van der Waals surface area (Å²) in [6.07, 6.45) is 3.69. The van der Waals surface area contributed by atoms with Crippen LogP contribution in [0.3, 0.4) is 0 Å². The van der Waals surface area contributed by atoms with Gasteiger partial charge in [-0.15, -0.1) is 0 Å². The lowest BCUT2D eigenvalue weighted by atomic mass is 9.96. The Morgan fingerprint density at radius 3 is 2.23 bits per heavy atom. The van der Waals surface area contributed by atoms with Gasteiger partial charge >= 0.3 is 0 Å². The zero-order valence-electron chi connectivity index (χ0n) is 8.36. The van der Waals surface area contributed by atoms with E-state index in [0.717, 1.165) is 25.7 Å². The van der Waals surface area contributed by atoms with Gasteiger partial charge in [0, 0.05) is 6.04 Å². The summed E-state index contributed by atoms with van der Waals surface area (Å²) in [4.78, 5) is 0. The molecule has 3 nitrogen and oxygen atoms in total. The van der Waals surface area contributed by atoms with Gasteiger partial charge in [0.05, 0.1) is 10.5 Å². The third-order valence-corrected chi connectivity index (χ3v) is 5.58. The summed E-state index contributed by atoms with van der Waals surface area (Å²) >= 11 is 0. The van der Waals surface area contributed by atoms with Crippen LogP contribution in [0.5, 0.6) is 0 Å². The molecule has 0 aliphatic heterocycles. The Kier molecular flexibility index (Phi) is 3.35. The molecule has 1 fully saturated rings. The summed E-state index contributed by atoms with van der Waals surface area (Å²) in [5.41, 5.74) is 5.82. The third-order valence-electron chi connectivity index (χ3n) is 2.83. The molecule has 2 unspecified atom stereocenters. The SMILES string of the molecule is CC(C)S(=O)(=O)C1CCCCC1N. The fourth-order valence-corrected chi connectivity index (χ4v) is 3.70. The molecule has 0 spiro atoms. The molecule has 1 saturated carbocycles. The maximum Gasteiger partial charge on any atom is 0.156 e. The monoisotopic (exact) mass is 205 g/mol. The number of nitrogens with two attached hydrogens (primary N) is 1. The van der Waals surface area contributed by atoms with Crippen molar-refractivity contribution in [2.45, 2.75) is 56.1 Å². The zero-order chi connectivity index (χ0) is 10.1. The van der Waals surface area contributed by atoms with Crippen molar-refractivity contribution in [1.82, 2.24) is 0 Å². The maximum absolute atomic E-state index is 11.8. The molecule has 0 aromatic carbocycles. The molecule has 1 aliphatic carbocycles. The van der Waals surface area contributed by atoms with E-state index >= 15 is 0 Å². The molecule has 1 rings (SSSR count). The van der Waals surface area contributed by atoms with Gasteiger partial charge in [-0.2, -0.15) is 0 Å². The van der Waals surface area contributed by atoms with Gasteiger partial charge in [0.25, 0.3) is 0 Å². The topological polar surface area (TPSA) is 60.2 Å². The van der Waals surface area contributed by atoms with E-state index in [9.17, 15) is 8.42 Å². The van der Waals surface area contributed by atoms with Crippen LogP contribution < -0.4 is 5.73 Å². The minimum absolute atomic E-state index is 0.138. The number of sulfone groups is 1. The molecule has 0 amide bonds. The first kappa shape index (κ1) is 11.0. The largest absolute Gasteiger partial charge is 0.327 e. The molecule has 0 saturated heterocycles. The third kappa shape index (κ3) is 2.23. The van der Waals surface area contributed by atoms with Gasteiger partial charge in [0.1, 0.15) is 0 Å². The molecule has 2 N–H and O–H groups in total. The first-order valence-electron chi connectivity index (χ1n) is 4.94. The average molecular weight is 205 g/mol. The molecule has 0 aromatic heterocycles. The molecular weight excluding hydrogens is 186 g/mol. The van der Waals surface area contributed by atoms with Crippen LogP contribution in [-0.2, 0) is 9.84 Å². The quantitative estimate of drug-likeness (QED) is 0.734. The Bertz CT molecular complexity index is 259. The van der Waals surface area contributed by atoms with Crippen LogP contribution >= 0.6 is 0 Å². The van der Waals surface area contributed by atoms with Crippen molar-refractivity contribution in [2.24, 2.45) is 5.73 Å². The van der Waals surface area contributed by atoms with Crippen molar-refractivity contribution in [1.29, 1.82) is 0 Å². The molecular formula is C9H19NO2S. The van der Waals surface area contributed by atoms with Crippen LogP contribution in [0.1, 0.15) is 39.5 Å². The summed E-state index contributed by atoms with van der Waals surface area (Å²) in [5, 5.41) is -0.581. The zero-order valence-corrected chi connectivity index (χ0v) is 9.18. The second kappa shape index (κ2) is 3.96. The van der Waals surface area contributed by atoms with Crippen LogP contribution in [0.4, 0.5) is 0 Å². The van der Waals surface area contributed by atoms with Crippen molar-refractivity contribution >= 4 is 9.84 Å². The predicted octanol–water partition coefficient (Wildman–Crippen LogP) is 1.08. The molecule has 0 radical (unpaired) electrons. The van der Waals surface area contributed by atoms with Gasteiger partial charge in [-0.3, -0.25) is 0 Å². The lowest BCUT2D eigenvalue weighted by Crippen LogP contribution is -2.45. The minimum Gasteiger partial charge on any atom is -0.327 e. The molecule has 1 aliphatic rings. The predicted molar refractivity (Wildman–Crippen MR) is 54.3 cm³/mol. The van der Waals surface area contributed by atoms with Gasteiger partial charge in [0.15, 0.2) is 9.84 Å². The summed E-state index contributed by atoms with van der Waals surface area (Å²) < 4.78 is 23.6. The van der Waals surface area contributed by atoms with Crippen LogP contribution in [0, 0.1) is 0 Å². The first-order chi connectivity index (χ1) is 5.96. The van der Waals surface area contributed by atoms with Gasteiger partial charge in [-0.25, -0.2) is 8.42 Å². The van der Waals surface area contributed by atoms with Gasteiger partial charge in [-0.05, 0) is 26.7 Å². The maximum atomic E-state index is 11.8. The van der Waals surface area contributed by atoms with E-state index in [-0.39, 0.29) is 16.5 Å². The molecule has 2 atom stereocenters. The van der Waals surface area contributed by atoms with E-state index in [1.54, 1.807) is 13.8 Å². The number of hydrogen-bond acceptors (Lipinski definition) is 3. The highest BCUT2D eigenvalue weighted by atomic mass is 32.2. The highest BCUT2D eigenvalue weighted by Gasteiger charge is 2.34. The van der Waals surface area contributed by atoms with E-state index < -0.39 is 9.84 Å². The molecule has 78 valence electrons. The Hall–Kier alpha value is -0.0900. The highest BCUT2D eigenvalue weighted by Crippen LogP contribution is 2.25. The first-order valence-corrected chi connectivity index (χ1v) is 6.55. The Morgan fingerprint density at radius 2 is 1.77 bits per heavy atom. The van der Waals surface area contributed by atoms with E-state index in [0.29, 0.717) is 0 Å². The van der Waals surface area contributed by atoms with Crippen molar-refractivity contribution in [3.8, 4) is 0 Å². The summed E-state index contributed by atoms with van der Waals surface area (Å²) in [5.74, 6) is 0. The second-order valence-electron chi connectivity index (χ2n) is 4.12. The highest BCUT2D eigenvalue weighted by molar-refractivity contribution is 7.92. The lowest BCUT2D eigenvalue weighted by Gasteiger charge is -2.29. The summed E-state index contributed by atoms with van der Waals surface area (Å²) in [6.45, 7) is 3.47. The average Bonchev–Trinajstić information content (AvgIpc) is 2.04. The van der Waals surface area contributed by atoms with Crippen LogP contribution in [0.15, 0.2) is 0 Å². The van der Waals surface area contributed by atoms with Crippen LogP contribution in [0.25, 0.3) is 0 Å². The van der Waals surface area contributed by atoms with Crippen LogP contribution in [-0.4, -0.2) is 25.0 Å². The van der Waals surface area contributed by atoms with E-state index in [4.69, 9.17) is 5.73 Å². The normalized spacial score (nSPS) is 30.8. The molecule has 13 heavy (non-hydrogen) atoms. The van der Waals surface area contributed by atoms with Crippen molar-refractivity contribution in [3.05, 3.63) is 0 Å². The Labute approximate surface area is 80.6 Å². The fourth-order valence-electron chi connectivity index (χ4n) is 1.88. The van der Waals surface area contributed by atoms with Crippen molar-refractivity contribution in [3.63, 3.8) is 0 Å². The number of hydrogen-bond donors (Lipinski definition) is 1. The fraction of sp³-hybridized carbons (Fsp3) is 1.00. The van der Waals surface area contributed by atoms with Crippen LogP contribution in [0.2, 0.25) is 0 Å². The minimum atomic E-state index is -2.97.